The zero-order chi connectivity index (χ0) is 25.8. The van der Waals surface area contributed by atoms with Gasteiger partial charge in [-0.15, -0.1) is 0 Å². The second kappa shape index (κ2) is 8.71. The zero-order valence-electron chi connectivity index (χ0n) is 21.0. The van der Waals surface area contributed by atoms with E-state index < -0.39 is 17.7 Å². The summed E-state index contributed by atoms with van der Waals surface area (Å²) in [6, 6.07) is 20.3. The highest BCUT2D eigenvalue weighted by Crippen LogP contribution is 2.44. The number of anilines is 1. The van der Waals surface area contributed by atoms with Crippen LogP contribution in [0.2, 0.25) is 0 Å². The van der Waals surface area contributed by atoms with Gasteiger partial charge in [-0.25, -0.2) is 4.98 Å². The summed E-state index contributed by atoms with van der Waals surface area (Å²) in [4.78, 5) is 33.0. The van der Waals surface area contributed by atoms with Crippen LogP contribution in [0.15, 0.2) is 72.3 Å². The van der Waals surface area contributed by atoms with Gasteiger partial charge in [-0.05, 0) is 48.1 Å². The third kappa shape index (κ3) is 4.11. The van der Waals surface area contributed by atoms with Crippen molar-refractivity contribution in [2.75, 3.05) is 4.90 Å². The number of nitrogens with zero attached hydrogens (tertiary/aromatic N) is 2. The van der Waals surface area contributed by atoms with Gasteiger partial charge in [-0.2, -0.15) is 0 Å². The summed E-state index contributed by atoms with van der Waals surface area (Å²) in [6.07, 6.45) is 0. The molecule has 1 aliphatic rings. The highest BCUT2D eigenvalue weighted by atomic mass is 32.1. The molecule has 6 heteroatoms. The van der Waals surface area contributed by atoms with Gasteiger partial charge in [-0.1, -0.05) is 92.3 Å². The fourth-order valence-corrected chi connectivity index (χ4v) is 5.59. The van der Waals surface area contributed by atoms with Crippen LogP contribution in [0.25, 0.3) is 16.0 Å². The van der Waals surface area contributed by atoms with Gasteiger partial charge in [0.25, 0.3) is 5.78 Å². The molecule has 5 nitrogen and oxygen atoms in total. The van der Waals surface area contributed by atoms with Crippen molar-refractivity contribution < 1.29 is 14.7 Å². The number of aliphatic hydroxyl groups is 1. The lowest BCUT2D eigenvalue weighted by molar-refractivity contribution is -0.132. The molecular formula is C30H28N2O3S. The van der Waals surface area contributed by atoms with Gasteiger partial charge in [0, 0.05) is 5.56 Å². The second-order valence-electron chi connectivity index (χ2n) is 10.4. The van der Waals surface area contributed by atoms with Crippen LogP contribution >= 0.6 is 11.3 Å². The first kappa shape index (κ1) is 23.9. The Bertz CT molecular complexity index is 1520. The van der Waals surface area contributed by atoms with E-state index in [9.17, 15) is 14.7 Å². The van der Waals surface area contributed by atoms with Gasteiger partial charge in [0.15, 0.2) is 5.13 Å². The van der Waals surface area contributed by atoms with E-state index in [1.807, 2.05) is 68.4 Å². The van der Waals surface area contributed by atoms with Crippen molar-refractivity contribution in [3.63, 3.8) is 0 Å². The number of ketones is 1. The van der Waals surface area contributed by atoms with Crippen LogP contribution in [0.5, 0.6) is 0 Å². The van der Waals surface area contributed by atoms with Gasteiger partial charge in [0.05, 0.1) is 21.8 Å². The maximum Gasteiger partial charge on any atom is 0.301 e. The van der Waals surface area contributed by atoms with E-state index in [2.05, 4.69) is 20.8 Å². The Kier molecular flexibility index (Phi) is 5.80. The number of Topliss-reactive ketones (excluding diaryl/α,β-unsaturated/α-hetero) is 1. The smallest absolute Gasteiger partial charge is 0.301 e. The lowest BCUT2D eigenvalue weighted by Gasteiger charge is -2.24. The van der Waals surface area contributed by atoms with E-state index in [-0.39, 0.29) is 16.7 Å². The molecule has 1 saturated heterocycles. The number of amides is 1. The van der Waals surface area contributed by atoms with Crippen molar-refractivity contribution in [3.8, 4) is 0 Å². The quantitative estimate of drug-likeness (QED) is 0.192. The number of benzene rings is 3. The molecule has 1 aromatic heterocycles. The molecule has 0 saturated carbocycles. The third-order valence-electron chi connectivity index (χ3n) is 6.60. The topological polar surface area (TPSA) is 70.5 Å². The lowest BCUT2D eigenvalue weighted by Crippen LogP contribution is -2.29. The summed E-state index contributed by atoms with van der Waals surface area (Å²) >= 11 is 1.37. The van der Waals surface area contributed by atoms with Gasteiger partial charge >= 0.3 is 5.91 Å². The van der Waals surface area contributed by atoms with E-state index in [0.29, 0.717) is 10.7 Å². The van der Waals surface area contributed by atoms with Crippen LogP contribution in [-0.2, 0) is 15.0 Å². The van der Waals surface area contributed by atoms with Gasteiger partial charge in [0.2, 0.25) is 0 Å². The lowest BCUT2D eigenvalue weighted by atomic mass is 9.85. The molecule has 0 aliphatic carbocycles. The molecule has 2 heterocycles. The minimum absolute atomic E-state index is 0.0485. The first-order valence-corrected chi connectivity index (χ1v) is 12.7. The molecule has 1 atom stereocenters. The van der Waals surface area contributed by atoms with E-state index in [1.54, 1.807) is 12.1 Å². The number of thiazole rings is 1. The number of carbonyl (C=O) groups excluding carboxylic acids is 2. The molecular weight excluding hydrogens is 468 g/mol. The number of fused-ring (bicyclic) bond motifs is 1. The SMILES string of the molecule is Cc1ccc(/C(O)=C2\C(=O)C(=O)N(c3nc4ccc(C)cc4s3)[C@H]2c2ccc(C(C)(C)C)cc2)cc1. The van der Waals surface area contributed by atoms with E-state index >= 15 is 0 Å². The molecule has 1 amide bonds. The number of rotatable bonds is 3. The molecule has 0 bridgehead atoms. The Morgan fingerprint density at radius 1 is 0.917 bits per heavy atom. The van der Waals surface area contributed by atoms with Gasteiger partial charge in [-0.3, -0.25) is 14.5 Å². The number of aryl methyl sites for hydroxylation is 2. The second-order valence-corrected chi connectivity index (χ2v) is 11.4. The number of aromatic nitrogens is 1. The Balaban J connectivity index is 1.71. The molecule has 1 N–H and O–H groups in total. The molecule has 0 unspecified atom stereocenters. The minimum Gasteiger partial charge on any atom is -0.507 e. The Morgan fingerprint density at radius 3 is 2.19 bits per heavy atom. The highest BCUT2D eigenvalue weighted by Gasteiger charge is 2.48. The first-order chi connectivity index (χ1) is 17.0. The summed E-state index contributed by atoms with van der Waals surface area (Å²) in [5.41, 5.74) is 5.29. The van der Waals surface area contributed by atoms with Crippen LogP contribution in [0.3, 0.4) is 0 Å². The first-order valence-electron chi connectivity index (χ1n) is 11.9. The standard InChI is InChI=1S/C30H28N2O3S/c1-17-6-9-20(10-7-17)26(33)24-25(19-11-13-21(14-12-19)30(3,4)5)32(28(35)27(24)34)29-31-22-15-8-18(2)16-23(22)36-29/h6-16,25,33H,1-5H3/b26-24+/t25-/m0/s1. The van der Waals surface area contributed by atoms with Crippen molar-refractivity contribution in [1.29, 1.82) is 0 Å². The summed E-state index contributed by atoms with van der Waals surface area (Å²) in [6.45, 7) is 10.4. The Hall–Kier alpha value is -3.77. The molecule has 1 fully saturated rings. The number of hydrogen-bond donors (Lipinski definition) is 1. The largest absolute Gasteiger partial charge is 0.507 e. The van der Waals surface area contributed by atoms with Gasteiger partial charge in [0.1, 0.15) is 5.76 Å². The van der Waals surface area contributed by atoms with E-state index in [4.69, 9.17) is 4.98 Å². The number of carbonyl (C=O) groups is 2. The third-order valence-corrected chi connectivity index (χ3v) is 7.62. The summed E-state index contributed by atoms with van der Waals surface area (Å²) in [5.74, 6) is -1.59. The molecule has 36 heavy (non-hydrogen) atoms. The summed E-state index contributed by atoms with van der Waals surface area (Å²) in [7, 11) is 0. The van der Waals surface area contributed by atoms with Gasteiger partial charge < -0.3 is 5.11 Å². The predicted octanol–water partition coefficient (Wildman–Crippen LogP) is 6.84. The van der Waals surface area contributed by atoms with Crippen LogP contribution < -0.4 is 4.90 Å². The molecule has 1 aliphatic heterocycles. The fourth-order valence-electron chi connectivity index (χ4n) is 4.50. The van der Waals surface area contributed by atoms with Crippen LogP contribution in [0.4, 0.5) is 5.13 Å². The summed E-state index contributed by atoms with van der Waals surface area (Å²) < 4.78 is 0.937. The van der Waals surface area contributed by atoms with Crippen molar-refractivity contribution in [1.82, 2.24) is 4.98 Å². The molecule has 0 spiro atoms. The Labute approximate surface area is 214 Å². The van der Waals surface area contributed by atoms with Crippen LogP contribution in [-0.4, -0.2) is 21.8 Å². The monoisotopic (exact) mass is 496 g/mol. The maximum atomic E-state index is 13.5. The molecule has 0 radical (unpaired) electrons. The van der Waals surface area contributed by atoms with Crippen LogP contribution in [0, 0.1) is 13.8 Å². The predicted molar refractivity (Wildman–Crippen MR) is 145 cm³/mol. The molecule has 5 rings (SSSR count). The van der Waals surface area contributed by atoms with Crippen molar-refractivity contribution in [2.24, 2.45) is 0 Å². The van der Waals surface area contributed by atoms with Crippen molar-refractivity contribution in [3.05, 3.63) is 100 Å². The van der Waals surface area contributed by atoms with Crippen molar-refractivity contribution in [2.45, 2.75) is 46.1 Å². The Morgan fingerprint density at radius 2 is 1.56 bits per heavy atom. The van der Waals surface area contributed by atoms with Crippen molar-refractivity contribution >= 4 is 44.1 Å². The minimum atomic E-state index is -0.790. The molecule has 3 aromatic carbocycles. The van der Waals surface area contributed by atoms with Crippen LogP contribution in [0.1, 0.15) is 54.6 Å². The molecule has 182 valence electrons. The van der Waals surface area contributed by atoms with E-state index in [1.165, 1.54) is 16.2 Å². The number of aliphatic hydroxyl groups excluding tert-OH is 1. The summed E-state index contributed by atoms with van der Waals surface area (Å²) in [5, 5.41) is 11.8. The normalized spacial score (nSPS) is 17.8. The fraction of sp³-hybridized carbons (Fsp3) is 0.233. The average Bonchev–Trinajstić information content (AvgIpc) is 3.36. The highest BCUT2D eigenvalue weighted by molar-refractivity contribution is 7.22. The molecule has 4 aromatic rings. The number of hydrogen-bond acceptors (Lipinski definition) is 5. The zero-order valence-corrected chi connectivity index (χ0v) is 21.8. The maximum absolute atomic E-state index is 13.5. The average molecular weight is 497 g/mol. The van der Waals surface area contributed by atoms with E-state index in [0.717, 1.165) is 32.5 Å².